The Bertz CT molecular complexity index is 369. The Morgan fingerprint density at radius 2 is 2.06 bits per heavy atom. The van der Waals surface area contributed by atoms with E-state index >= 15 is 0 Å². The van der Waals surface area contributed by atoms with Gasteiger partial charge in [-0.2, -0.15) is 11.8 Å². The SMILES string of the molecule is CCCNc1nc(CSC)nc(C(C)C)c1Br. The molecule has 1 aromatic rings. The highest BCUT2D eigenvalue weighted by molar-refractivity contribution is 9.10. The van der Waals surface area contributed by atoms with E-state index < -0.39 is 0 Å². The maximum absolute atomic E-state index is 4.61. The third kappa shape index (κ3) is 4.14. The van der Waals surface area contributed by atoms with Gasteiger partial charge in [-0.3, -0.25) is 0 Å². The average Bonchev–Trinajstić information content (AvgIpc) is 2.29. The molecule has 0 aliphatic heterocycles. The van der Waals surface area contributed by atoms with Gasteiger partial charge in [-0.05, 0) is 34.5 Å². The first-order chi connectivity index (χ1) is 8.10. The van der Waals surface area contributed by atoms with Crippen LogP contribution in [0.3, 0.4) is 0 Å². The zero-order valence-electron chi connectivity index (χ0n) is 10.9. The summed E-state index contributed by atoms with van der Waals surface area (Å²) in [4.78, 5) is 9.16. The molecule has 0 spiro atoms. The standard InChI is InChI=1S/C12H20BrN3S/c1-5-6-14-12-10(13)11(8(2)3)15-9(16-12)7-17-4/h8H,5-7H2,1-4H3,(H,14,15,16). The number of anilines is 1. The van der Waals surface area contributed by atoms with Gasteiger partial charge in [0.05, 0.1) is 15.9 Å². The van der Waals surface area contributed by atoms with E-state index in [9.17, 15) is 0 Å². The predicted octanol–water partition coefficient (Wildman–Crippen LogP) is 4.05. The predicted molar refractivity (Wildman–Crippen MR) is 79.8 cm³/mol. The van der Waals surface area contributed by atoms with Crippen LogP contribution in [0, 0.1) is 0 Å². The van der Waals surface area contributed by atoms with Crippen LogP contribution in [0.1, 0.15) is 44.6 Å². The van der Waals surface area contributed by atoms with Crippen LogP contribution in [0.5, 0.6) is 0 Å². The monoisotopic (exact) mass is 317 g/mol. The van der Waals surface area contributed by atoms with E-state index in [1.165, 1.54) is 0 Å². The van der Waals surface area contributed by atoms with Gasteiger partial charge in [0.2, 0.25) is 0 Å². The molecule has 1 N–H and O–H groups in total. The van der Waals surface area contributed by atoms with Crippen LogP contribution in [-0.2, 0) is 5.75 Å². The highest BCUT2D eigenvalue weighted by atomic mass is 79.9. The Kier molecular flexibility index (Phi) is 6.27. The van der Waals surface area contributed by atoms with Crippen LogP contribution in [0.2, 0.25) is 0 Å². The number of nitrogens with one attached hydrogen (secondary N) is 1. The van der Waals surface area contributed by atoms with Crippen molar-refractivity contribution in [2.24, 2.45) is 0 Å². The molecular weight excluding hydrogens is 298 g/mol. The number of halogens is 1. The summed E-state index contributed by atoms with van der Waals surface area (Å²) in [5.74, 6) is 3.08. The summed E-state index contributed by atoms with van der Waals surface area (Å²) >= 11 is 5.35. The van der Waals surface area contributed by atoms with Crippen molar-refractivity contribution in [3.63, 3.8) is 0 Å². The van der Waals surface area contributed by atoms with E-state index in [0.29, 0.717) is 5.92 Å². The molecule has 0 saturated carbocycles. The third-order valence-corrected chi connectivity index (χ3v) is 3.61. The first kappa shape index (κ1) is 14.8. The van der Waals surface area contributed by atoms with Crippen LogP contribution in [0.4, 0.5) is 5.82 Å². The number of aromatic nitrogens is 2. The molecule has 17 heavy (non-hydrogen) atoms. The zero-order chi connectivity index (χ0) is 12.8. The number of hydrogen-bond donors (Lipinski definition) is 1. The first-order valence-corrected chi connectivity index (χ1v) is 8.07. The van der Waals surface area contributed by atoms with Gasteiger partial charge in [0.25, 0.3) is 0 Å². The maximum atomic E-state index is 4.61. The fourth-order valence-electron chi connectivity index (χ4n) is 1.45. The Balaban J connectivity index is 3.08. The summed E-state index contributed by atoms with van der Waals surface area (Å²) in [5.41, 5.74) is 1.09. The molecular formula is C12H20BrN3S. The molecule has 0 bridgehead atoms. The molecule has 1 rings (SSSR count). The van der Waals surface area contributed by atoms with Crippen molar-refractivity contribution in [2.45, 2.75) is 38.9 Å². The van der Waals surface area contributed by atoms with Crippen LogP contribution in [-0.4, -0.2) is 22.8 Å². The Morgan fingerprint density at radius 1 is 1.35 bits per heavy atom. The molecule has 0 aromatic carbocycles. The Hall–Kier alpha value is -0.290. The molecule has 0 unspecified atom stereocenters. The van der Waals surface area contributed by atoms with Gasteiger partial charge in [0, 0.05) is 6.54 Å². The largest absolute Gasteiger partial charge is 0.369 e. The topological polar surface area (TPSA) is 37.8 Å². The number of thioether (sulfide) groups is 1. The molecule has 1 heterocycles. The molecule has 96 valence electrons. The lowest BCUT2D eigenvalue weighted by molar-refractivity contribution is 0.790. The van der Waals surface area contributed by atoms with E-state index in [1.807, 2.05) is 0 Å². The lowest BCUT2D eigenvalue weighted by atomic mass is 10.1. The second-order valence-electron chi connectivity index (χ2n) is 4.20. The molecule has 5 heteroatoms. The van der Waals surface area contributed by atoms with E-state index in [1.54, 1.807) is 11.8 Å². The lowest BCUT2D eigenvalue weighted by Gasteiger charge is -2.14. The minimum Gasteiger partial charge on any atom is -0.369 e. The minimum atomic E-state index is 0.398. The van der Waals surface area contributed by atoms with Gasteiger partial charge < -0.3 is 5.32 Å². The van der Waals surface area contributed by atoms with E-state index in [2.05, 4.69) is 58.2 Å². The second-order valence-corrected chi connectivity index (χ2v) is 5.86. The lowest BCUT2D eigenvalue weighted by Crippen LogP contribution is -2.09. The Morgan fingerprint density at radius 3 is 2.59 bits per heavy atom. The van der Waals surface area contributed by atoms with Crippen molar-refractivity contribution in [1.82, 2.24) is 9.97 Å². The van der Waals surface area contributed by atoms with Crippen LogP contribution in [0.25, 0.3) is 0 Å². The number of hydrogen-bond acceptors (Lipinski definition) is 4. The average molecular weight is 318 g/mol. The molecule has 0 atom stereocenters. The smallest absolute Gasteiger partial charge is 0.144 e. The minimum absolute atomic E-state index is 0.398. The maximum Gasteiger partial charge on any atom is 0.144 e. The van der Waals surface area contributed by atoms with Crippen LogP contribution >= 0.6 is 27.7 Å². The molecule has 3 nitrogen and oxygen atoms in total. The quantitative estimate of drug-likeness (QED) is 0.859. The second kappa shape index (κ2) is 7.21. The van der Waals surface area contributed by atoms with Crippen molar-refractivity contribution in [2.75, 3.05) is 18.1 Å². The highest BCUT2D eigenvalue weighted by Gasteiger charge is 2.14. The highest BCUT2D eigenvalue weighted by Crippen LogP contribution is 2.29. The van der Waals surface area contributed by atoms with Gasteiger partial charge in [-0.15, -0.1) is 0 Å². The zero-order valence-corrected chi connectivity index (χ0v) is 13.3. The molecule has 1 aromatic heterocycles. The van der Waals surface area contributed by atoms with Gasteiger partial charge in [0.15, 0.2) is 0 Å². The summed E-state index contributed by atoms with van der Waals surface area (Å²) in [5, 5.41) is 3.35. The van der Waals surface area contributed by atoms with E-state index in [4.69, 9.17) is 0 Å². The molecule has 0 aliphatic rings. The summed E-state index contributed by atoms with van der Waals surface area (Å²) in [6, 6.07) is 0. The van der Waals surface area contributed by atoms with Gasteiger partial charge >= 0.3 is 0 Å². The van der Waals surface area contributed by atoms with Crippen molar-refractivity contribution in [3.8, 4) is 0 Å². The number of rotatable bonds is 6. The van der Waals surface area contributed by atoms with Gasteiger partial charge in [-0.1, -0.05) is 20.8 Å². The van der Waals surface area contributed by atoms with Gasteiger partial charge in [-0.25, -0.2) is 9.97 Å². The van der Waals surface area contributed by atoms with Crippen LogP contribution in [0.15, 0.2) is 4.47 Å². The fourth-order valence-corrected chi connectivity index (χ4v) is 2.61. The molecule has 0 amide bonds. The molecule has 0 saturated heterocycles. The van der Waals surface area contributed by atoms with Gasteiger partial charge in [0.1, 0.15) is 11.6 Å². The van der Waals surface area contributed by atoms with Crippen molar-refractivity contribution in [3.05, 3.63) is 16.0 Å². The summed E-state index contributed by atoms with van der Waals surface area (Å²) in [7, 11) is 0. The fraction of sp³-hybridized carbons (Fsp3) is 0.667. The number of nitrogens with zero attached hydrogens (tertiary/aromatic N) is 2. The molecule has 0 fully saturated rings. The summed E-state index contributed by atoms with van der Waals surface area (Å²) < 4.78 is 1.01. The van der Waals surface area contributed by atoms with Crippen molar-refractivity contribution < 1.29 is 0 Å². The first-order valence-electron chi connectivity index (χ1n) is 5.89. The van der Waals surface area contributed by atoms with E-state index in [0.717, 1.165) is 40.5 Å². The van der Waals surface area contributed by atoms with E-state index in [-0.39, 0.29) is 0 Å². The van der Waals surface area contributed by atoms with Crippen LogP contribution < -0.4 is 5.32 Å². The summed E-state index contributed by atoms with van der Waals surface area (Å²) in [6.45, 7) is 7.39. The third-order valence-electron chi connectivity index (χ3n) is 2.29. The Labute approximate surface area is 116 Å². The summed E-state index contributed by atoms with van der Waals surface area (Å²) in [6.07, 6.45) is 3.16. The molecule has 0 radical (unpaired) electrons. The van der Waals surface area contributed by atoms with Crippen molar-refractivity contribution >= 4 is 33.5 Å². The molecule has 0 aliphatic carbocycles. The van der Waals surface area contributed by atoms with Crippen molar-refractivity contribution in [1.29, 1.82) is 0 Å². The normalized spacial score (nSPS) is 10.9.